The Balaban J connectivity index is 1.67. The van der Waals surface area contributed by atoms with Crippen LogP contribution in [-0.2, 0) is 0 Å². The number of nitrogens with zero attached hydrogens (tertiary/aromatic N) is 3. The molecule has 0 radical (unpaired) electrons. The molecule has 1 aromatic heterocycles. The van der Waals surface area contributed by atoms with Crippen LogP contribution in [0, 0.1) is 5.92 Å². The van der Waals surface area contributed by atoms with Crippen molar-refractivity contribution in [3.05, 3.63) is 23.9 Å². The van der Waals surface area contributed by atoms with E-state index in [0.29, 0.717) is 12.1 Å². The molecule has 1 unspecified atom stereocenters. The second kappa shape index (κ2) is 6.65. The van der Waals surface area contributed by atoms with Crippen LogP contribution in [0.3, 0.4) is 0 Å². The normalized spacial score (nSPS) is 23.1. The fraction of sp³-hybridized carbons (Fsp3) is 0.647. The van der Waals surface area contributed by atoms with E-state index in [1.807, 2.05) is 17.0 Å². The van der Waals surface area contributed by atoms with E-state index in [-0.39, 0.29) is 11.9 Å². The van der Waals surface area contributed by atoms with Crippen LogP contribution in [0.5, 0.6) is 0 Å². The molecule has 120 valence electrons. The summed E-state index contributed by atoms with van der Waals surface area (Å²) in [6, 6.07) is 4.08. The van der Waals surface area contributed by atoms with Crippen LogP contribution in [0.2, 0.25) is 0 Å². The van der Waals surface area contributed by atoms with Gasteiger partial charge in [0.05, 0.1) is 5.56 Å². The van der Waals surface area contributed by atoms with Gasteiger partial charge in [-0.2, -0.15) is 0 Å². The Morgan fingerprint density at radius 2 is 2.05 bits per heavy atom. The molecule has 0 bridgehead atoms. The number of hydrogen-bond acceptors (Lipinski definition) is 4. The zero-order valence-electron chi connectivity index (χ0n) is 13.4. The lowest BCUT2D eigenvalue weighted by atomic mass is 9.99. The molecule has 0 saturated carbocycles. The summed E-state index contributed by atoms with van der Waals surface area (Å²) in [5, 5.41) is 0. The Morgan fingerprint density at radius 1 is 1.27 bits per heavy atom. The number of rotatable bonds is 3. The summed E-state index contributed by atoms with van der Waals surface area (Å²) in [6.07, 6.45) is 6.22. The Bertz CT molecular complexity index is 508. The highest BCUT2D eigenvalue weighted by molar-refractivity contribution is 5.94. The summed E-state index contributed by atoms with van der Waals surface area (Å²) in [6.45, 7) is 5.78. The van der Waals surface area contributed by atoms with Gasteiger partial charge in [0.25, 0.3) is 5.91 Å². The van der Waals surface area contributed by atoms with Gasteiger partial charge in [-0.15, -0.1) is 0 Å². The monoisotopic (exact) mass is 302 g/mol. The Labute approximate surface area is 132 Å². The quantitative estimate of drug-likeness (QED) is 0.926. The van der Waals surface area contributed by atoms with E-state index in [0.717, 1.165) is 44.2 Å². The topological polar surface area (TPSA) is 62.5 Å². The minimum atomic E-state index is 0.0688. The summed E-state index contributed by atoms with van der Waals surface area (Å²) in [5.74, 6) is 1.86. The first-order valence-corrected chi connectivity index (χ1v) is 8.41. The average Bonchev–Trinajstić information content (AvgIpc) is 3.04. The minimum Gasteiger partial charge on any atom is -0.357 e. The number of likely N-dealkylation sites (tertiary alicyclic amines) is 1. The number of hydrogen-bond donors (Lipinski definition) is 1. The summed E-state index contributed by atoms with van der Waals surface area (Å²) in [4.78, 5) is 21.3. The number of aromatic nitrogens is 1. The van der Waals surface area contributed by atoms with Crippen LogP contribution in [-0.4, -0.2) is 48.0 Å². The second-order valence-electron chi connectivity index (χ2n) is 6.60. The number of carbonyl (C=O) groups is 1. The van der Waals surface area contributed by atoms with Crippen molar-refractivity contribution < 1.29 is 4.79 Å². The van der Waals surface area contributed by atoms with E-state index >= 15 is 0 Å². The smallest absolute Gasteiger partial charge is 0.255 e. The molecule has 3 heterocycles. The van der Waals surface area contributed by atoms with E-state index < -0.39 is 0 Å². The molecule has 2 saturated heterocycles. The van der Waals surface area contributed by atoms with Crippen LogP contribution in [0.25, 0.3) is 0 Å². The van der Waals surface area contributed by atoms with Crippen LogP contribution >= 0.6 is 0 Å². The first kappa shape index (κ1) is 15.3. The molecule has 2 fully saturated rings. The number of nitrogens with two attached hydrogens (primary N) is 1. The number of amides is 1. The van der Waals surface area contributed by atoms with E-state index in [4.69, 9.17) is 5.73 Å². The van der Waals surface area contributed by atoms with Crippen molar-refractivity contribution in [2.75, 3.05) is 31.1 Å². The molecular weight excluding hydrogens is 276 g/mol. The summed E-state index contributed by atoms with van der Waals surface area (Å²) in [5.41, 5.74) is 6.43. The zero-order chi connectivity index (χ0) is 15.5. The van der Waals surface area contributed by atoms with Crippen molar-refractivity contribution in [3.8, 4) is 0 Å². The highest BCUT2D eigenvalue weighted by Crippen LogP contribution is 2.23. The molecule has 1 amide bonds. The van der Waals surface area contributed by atoms with Gasteiger partial charge in [0.2, 0.25) is 0 Å². The van der Waals surface area contributed by atoms with Crippen molar-refractivity contribution in [1.29, 1.82) is 0 Å². The molecule has 0 aromatic carbocycles. The van der Waals surface area contributed by atoms with E-state index in [1.54, 1.807) is 6.20 Å². The van der Waals surface area contributed by atoms with Crippen molar-refractivity contribution >= 4 is 11.7 Å². The summed E-state index contributed by atoms with van der Waals surface area (Å²) < 4.78 is 0. The van der Waals surface area contributed by atoms with Crippen molar-refractivity contribution in [1.82, 2.24) is 9.88 Å². The molecule has 2 aliphatic rings. The molecule has 5 nitrogen and oxygen atoms in total. The largest absolute Gasteiger partial charge is 0.357 e. The molecule has 2 aliphatic heterocycles. The maximum Gasteiger partial charge on any atom is 0.255 e. The first-order chi connectivity index (χ1) is 10.7. The molecule has 0 aliphatic carbocycles. The third kappa shape index (κ3) is 3.09. The molecule has 22 heavy (non-hydrogen) atoms. The highest BCUT2D eigenvalue weighted by Gasteiger charge is 2.28. The molecule has 1 aromatic rings. The number of pyridine rings is 1. The molecular formula is C17H26N4O. The number of anilines is 1. The van der Waals surface area contributed by atoms with Gasteiger partial charge in [-0.25, -0.2) is 4.98 Å². The highest BCUT2D eigenvalue weighted by atomic mass is 16.2. The van der Waals surface area contributed by atoms with Gasteiger partial charge in [-0.3, -0.25) is 4.79 Å². The first-order valence-electron chi connectivity index (χ1n) is 8.41. The maximum atomic E-state index is 12.6. The molecule has 1 atom stereocenters. The van der Waals surface area contributed by atoms with E-state index in [2.05, 4.69) is 16.8 Å². The van der Waals surface area contributed by atoms with Gasteiger partial charge in [-0.05, 0) is 43.7 Å². The summed E-state index contributed by atoms with van der Waals surface area (Å²) in [7, 11) is 0. The lowest BCUT2D eigenvalue weighted by molar-refractivity contribution is 0.0741. The van der Waals surface area contributed by atoms with Gasteiger partial charge < -0.3 is 15.5 Å². The van der Waals surface area contributed by atoms with Gasteiger partial charge in [-0.1, -0.05) is 6.92 Å². The Hall–Kier alpha value is -1.62. The standard InChI is InChI=1S/C17H26N4O/c1-13-6-9-20(10-7-13)16-5-4-14(12-19-16)17(22)21-8-2-3-15(21)11-18/h4-5,12-13,15H,2-3,6-11,18H2,1H3. The predicted molar refractivity (Wildman–Crippen MR) is 88.0 cm³/mol. The van der Waals surface area contributed by atoms with Gasteiger partial charge in [0.15, 0.2) is 0 Å². The Morgan fingerprint density at radius 3 is 2.68 bits per heavy atom. The van der Waals surface area contributed by atoms with Crippen LogP contribution < -0.4 is 10.6 Å². The zero-order valence-corrected chi connectivity index (χ0v) is 13.4. The average molecular weight is 302 g/mol. The van der Waals surface area contributed by atoms with Crippen molar-refractivity contribution in [3.63, 3.8) is 0 Å². The van der Waals surface area contributed by atoms with Gasteiger partial charge in [0, 0.05) is 38.4 Å². The lowest BCUT2D eigenvalue weighted by Gasteiger charge is -2.31. The minimum absolute atomic E-state index is 0.0688. The third-order valence-electron chi connectivity index (χ3n) is 5.01. The van der Waals surface area contributed by atoms with Crippen LogP contribution in [0.15, 0.2) is 18.3 Å². The van der Waals surface area contributed by atoms with E-state index in [1.165, 1.54) is 12.8 Å². The fourth-order valence-corrected chi connectivity index (χ4v) is 3.45. The maximum absolute atomic E-state index is 12.6. The SMILES string of the molecule is CC1CCN(c2ccc(C(=O)N3CCCC3CN)cn2)CC1. The summed E-state index contributed by atoms with van der Waals surface area (Å²) >= 11 is 0. The van der Waals surface area contributed by atoms with Crippen molar-refractivity contribution in [2.24, 2.45) is 11.7 Å². The van der Waals surface area contributed by atoms with Crippen LogP contribution in [0.1, 0.15) is 43.0 Å². The Kier molecular flexibility index (Phi) is 4.62. The van der Waals surface area contributed by atoms with E-state index in [9.17, 15) is 4.79 Å². The molecule has 2 N–H and O–H groups in total. The van der Waals surface area contributed by atoms with Crippen LogP contribution in [0.4, 0.5) is 5.82 Å². The third-order valence-corrected chi connectivity index (χ3v) is 5.01. The molecule has 5 heteroatoms. The van der Waals surface area contributed by atoms with Gasteiger partial charge >= 0.3 is 0 Å². The predicted octanol–water partition coefficient (Wildman–Crippen LogP) is 1.88. The number of piperidine rings is 1. The van der Waals surface area contributed by atoms with Crippen molar-refractivity contribution in [2.45, 2.75) is 38.6 Å². The molecule has 3 rings (SSSR count). The van der Waals surface area contributed by atoms with Gasteiger partial charge in [0.1, 0.15) is 5.82 Å². The number of carbonyl (C=O) groups excluding carboxylic acids is 1. The fourth-order valence-electron chi connectivity index (χ4n) is 3.45. The second-order valence-corrected chi connectivity index (χ2v) is 6.60. The lowest BCUT2D eigenvalue weighted by Crippen LogP contribution is -2.40. The molecule has 0 spiro atoms.